The van der Waals surface area contributed by atoms with Crippen LogP contribution in [0.25, 0.3) is 11.0 Å². The molecule has 20 heavy (non-hydrogen) atoms. The van der Waals surface area contributed by atoms with Gasteiger partial charge < -0.3 is 14.4 Å². The van der Waals surface area contributed by atoms with Gasteiger partial charge in [-0.15, -0.1) is 0 Å². The number of methoxy groups -OCH3 is 1. The highest BCUT2D eigenvalue weighted by atomic mass is 79.9. The zero-order chi connectivity index (χ0) is 14.4. The summed E-state index contributed by atoms with van der Waals surface area (Å²) in [4.78, 5) is 16.2. The Morgan fingerprint density at radius 2 is 2.25 bits per heavy atom. The van der Waals surface area contributed by atoms with Crippen molar-refractivity contribution in [2.75, 3.05) is 7.11 Å². The minimum Gasteiger partial charge on any atom is -0.465 e. The number of ether oxygens (including phenoxy) is 1. The number of aromatic nitrogens is 2. The monoisotopic (exact) mass is 338 g/mol. The van der Waals surface area contributed by atoms with Crippen LogP contribution in [-0.4, -0.2) is 27.7 Å². The van der Waals surface area contributed by atoms with Gasteiger partial charge in [0.1, 0.15) is 11.9 Å². The van der Waals surface area contributed by atoms with Crippen LogP contribution in [0, 0.1) is 0 Å². The molecule has 3 rings (SSSR count). The first-order chi connectivity index (χ1) is 9.52. The normalized spacial score (nSPS) is 21.8. The van der Waals surface area contributed by atoms with Crippen LogP contribution in [0.1, 0.15) is 48.1 Å². The van der Waals surface area contributed by atoms with Crippen LogP contribution in [-0.2, 0) is 4.74 Å². The van der Waals surface area contributed by atoms with E-state index in [1.54, 1.807) is 12.1 Å². The molecule has 2 aromatic rings. The van der Waals surface area contributed by atoms with Crippen molar-refractivity contribution in [3.8, 4) is 0 Å². The van der Waals surface area contributed by atoms with Crippen LogP contribution in [0.5, 0.6) is 0 Å². The largest absolute Gasteiger partial charge is 0.465 e. The van der Waals surface area contributed by atoms with Gasteiger partial charge in [-0.1, -0.05) is 0 Å². The Balaban J connectivity index is 2.27. The molecule has 6 heteroatoms. The molecule has 2 heterocycles. The van der Waals surface area contributed by atoms with Crippen molar-refractivity contribution in [3.05, 3.63) is 28.0 Å². The van der Waals surface area contributed by atoms with Gasteiger partial charge in [-0.2, -0.15) is 0 Å². The van der Waals surface area contributed by atoms with Crippen molar-refractivity contribution in [3.63, 3.8) is 0 Å². The van der Waals surface area contributed by atoms with Crippen molar-refractivity contribution < 1.29 is 14.6 Å². The topological polar surface area (TPSA) is 64.3 Å². The molecule has 0 aliphatic carbocycles. The number of halogens is 1. The second-order valence-electron chi connectivity index (χ2n) is 5.10. The summed E-state index contributed by atoms with van der Waals surface area (Å²) in [5.74, 6) is 0.272. The van der Waals surface area contributed by atoms with Crippen LogP contribution >= 0.6 is 15.9 Å². The molecule has 1 aromatic carbocycles. The lowest BCUT2D eigenvalue weighted by atomic mass is 10.0. The number of carbonyl (C=O) groups is 1. The van der Waals surface area contributed by atoms with Gasteiger partial charge in [0.15, 0.2) is 0 Å². The lowest BCUT2D eigenvalue weighted by molar-refractivity contribution is 0.0601. The Kier molecular flexibility index (Phi) is 3.30. The molecule has 106 valence electrons. The Hall–Kier alpha value is -1.40. The average Bonchev–Trinajstić information content (AvgIpc) is 2.83. The number of aliphatic hydroxyl groups excluding tert-OH is 1. The fourth-order valence-corrected chi connectivity index (χ4v) is 3.42. The lowest BCUT2D eigenvalue weighted by Crippen LogP contribution is -2.19. The predicted octanol–water partition coefficient (Wildman–Crippen LogP) is 2.97. The fraction of sp³-hybridized carbons (Fsp3) is 0.429. The van der Waals surface area contributed by atoms with E-state index in [-0.39, 0.29) is 6.04 Å². The molecular weight excluding hydrogens is 324 g/mol. The van der Waals surface area contributed by atoms with Crippen LogP contribution in [0.3, 0.4) is 0 Å². The third-order valence-electron chi connectivity index (χ3n) is 3.78. The van der Waals surface area contributed by atoms with E-state index in [2.05, 4.69) is 32.4 Å². The molecule has 0 spiro atoms. The summed E-state index contributed by atoms with van der Waals surface area (Å²) < 4.78 is 7.58. The Morgan fingerprint density at radius 1 is 1.50 bits per heavy atom. The Morgan fingerprint density at radius 3 is 2.95 bits per heavy atom. The number of hydrogen-bond acceptors (Lipinski definition) is 4. The molecule has 1 N–H and O–H groups in total. The molecule has 0 amide bonds. The van der Waals surface area contributed by atoms with Gasteiger partial charge in [0.05, 0.1) is 23.7 Å². The van der Waals surface area contributed by atoms with E-state index in [9.17, 15) is 9.90 Å². The number of nitrogens with zero attached hydrogens (tertiary/aromatic N) is 2. The van der Waals surface area contributed by atoms with E-state index in [0.717, 1.165) is 16.4 Å². The molecule has 0 radical (unpaired) electrons. The minimum atomic E-state index is -0.549. The van der Waals surface area contributed by atoms with E-state index in [0.29, 0.717) is 23.3 Å². The number of hydrogen-bond donors (Lipinski definition) is 1. The molecule has 1 aliphatic heterocycles. The highest BCUT2D eigenvalue weighted by molar-refractivity contribution is 9.10. The smallest absolute Gasteiger partial charge is 0.337 e. The highest BCUT2D eigenvalue weighted by Crippen LogP contribution is 2.37. The first-order valence-corrected chi connectivity index (χ1v) is 7.30. The number of benzene rings is 1. The van der Waals surface area contributed by atoms with Crippen LogP contribution in [0.4, 0.5) is 0 Å². The van der Waals surface area contributed by atoms with Crippen LogP contribution in [0.15, 0.2) is 16.6 Å². The summed E-state index contributed by atoms with van der Waals surface area (Å²) in [7, 11) is 1.35. The van der Waals surface area contributed by atoms with Gasteiger partial charge in [-0.05, 0) is 47.8 Å². The van der Waals surface area contributed by atoms with E-state index < -0.39 is 12.1 Å². The fourth-order valence-electron chi connectivity index (χ4n) is 2.77. The molecule has 2 atom stereocenters. The Bertz CT molecular complexity index is 695. The van der Waals surface area contributed by atoms with E-state index >= 15 is 0 Å². The maximum absolute atomic E-state index is 11.7. The number of imidazole rings is 1. The van der Waals surface area contributed by atoms with Gasteiger partial charge in [0.25, 0.3) is 0 Å². The standard InChI is InChI=1S/C14H15BrN2O3/c1-7-3-4-11(18)13-16-10-6-8(14(19)20-2)5-9(15)12(10)17(7)13/h5-7,11,18H,3-4H2,1-2H3/t7-,11+/m1/s1. The predicted molar refractivity (Wildman–Crippen MR) is 77.7 cm³/mol. The van der Waals surface area contributed by atoms with Gasteiger partial charge in [-0.3, -0.25) is 0 Å². The van der Waals surface area contributed by atoms with Crippen molar-refractivity contribution in [2.24, 2.45) is 0 Å². The molecule has 0 saturated heterocycles. The van der Waals surface area contributed by atoms with E-state index in [4.69, 9.17) is 4.74 Å². The first-order valence-electron chi connectivity index (χ1n) is 6.50. The third kappa shape index (κ3) is 1.94. The average molecular weight is 339 g/mol. The quantitative estimate of drug-likeness (QED) is 0.812. The first kappa shape index (κ1) is 13.6. The van der Waals surface area contributed by atoms with Crippen molar-refractivity contribution in [2.45, 2.75) is 31.9 Å². The van der Waals surface area contributed by atoms with Crippen molar-refractivity contribution in [1.82, 2.24) is 9.55 Å². The van der Waals surface area contributed by atoms with Gasteiger partial charge in [0.2, 0.25) is 0 Å². The highest BCUT2D eigenvalue weighted by Gasteiger charge is 2.28. The molecule has 0 saturated carbocycles. The maximum atomic E-state index is 11.7. The molecule has 0 unspecified atom stereocenters. The lowest BCUT2D eigenvalue weighted by Gasteiger charge is -2.26. The number of rotatable bonds is 1. The van der Waals surface area contributed by atoms with Gasteiger partial charge in [0, 0.05) is 10.5 Å². The van der Waals surface area contributed by atoms with Crippen molar-refractivity contribution >= 4 is 32.9 Å². The van der Waals surface area contributed by atoms with Gasteiger partial charge in [-0.25, -0.2) is 9.78 Å². The number of fused-ring (bicyclic) bond motifs is 3. The van der Waals surface area contributed by atoms with Crippen LogP contribution in [0.2, 0.25) is 0 Å². The van der Waals surface area contributed by atoms with E-state index in [1.165, 1.54) is 7.11 Å². The van der Waals surface area contributed by atoms with Gasteiger partial charge >= 0.3 is 5.97 Å². The summed E-state index contributed by atoms with van der Waals surface area (Å²) >= 11 is 3.50. The zero-order valence-electron chi connectivity index (χ0n) is 11.3. The molecule has 1 aromatic heterocycles. The summed E-state index contributed by atoms with van der Waals surface area (Å²) in [6, 6.07) is 3.71. The van der Waals surface area contributed by atoms with E-state index in [1.807, 2.05) is 0 Å². The molecular formula is C14H15BrN2O3. The Labute approximate surface area is 124 Å². The number of aliphatic hydroxyl groups is 1. The summed E-state index contributed by atoms with van der Waals surface area (Å²) in [5.41, 5.74) is 2.06. The zero-order valence-corrected chi connectivity index (χ0v) is 12.8. The van der Waals surface area contributed by atoms with Crippen molar-refractivity contribution in [1.29, 1.82) is 0 Å². The summed E-state index contributed by atoms with van der Waals surface area (Å²) in [5, 5.41) is 10.1. The molecule has 1 aliphatic rings. The third-order valence-corrected chi connectivity index (χ3v) is 4.39. The number of esters is 1. The minimum absolute atomic E-state index is 0.277. The molecule has 0 fully saturated rings. The molecule has 0 bridgehead atoms. The second kappa shape index (κ2) is 4.86. The summed E-state index contributed by atoms with van der Waals surface area (Å²) in [6.45, 7) is 2.11. The van der Waals surface area contributed by atoms with Crippen LogP contribution < -0.4 is 0 Å². The SMILES string of the molecule is COC(=O)c1cc(Br)c2c(c1)nc1n2[C@H](C)CC[C@@H]1O. The summed E-state index contributed by atoms with van der Waals surface area (Å²) in [6.07, 6.45) is 1.07. The molecule has 5 nitrogen and oxygen atoms in total. The second-order valence-corrected chi connectivity index (χ2v) is 5.95. The number of carbonyl (C=O) groups excluding carboxylic acids is 1. The maximum Gasteiger partial charge on any atom is 0.337 e.